The highest BCUT2D eigenvalue weighted by Gasteiger charge is 2.29. The van der Waals surface area contributed by atoms with Crippen LogP contribution in [0.25, 0.3) is 0 Å². The van der Waals surface area contributed by atoms with Crippen LogP contribution in [-0.4, -0.2) is 18.7 Å². The quantitative estimate of drug-likeness (QED) is 0.844. The smallest absolute Gasteiger partial charge is 0.123 e. The van der Waals surface area contributed by atoms with Gasteiger partial charge in [0.25, 0.3) is 0 Å². The molecule has 2 nitrogen and oxygen atoms in total. The molecule has 0 saturated carbocycles. The van der Waals surface area contributed by atoms with Gasteiger partial charge in [0.05, 0.1) is 0 Å². The van der Waals surface area contributed by atoms with E-state index in [4.69, 9.17) is 4.74 Å². The molecule has 1 heterocycles. The van der Waals surface area contributed by atoms with Gasteiger partial charge in [0.1, 0.15) is 11.9 Å². The maximum atomic E-state index is 6.06. The van der Waals surface area contributed by atoms with Crippen LogP contribution in [0.3, 0.4) is 0 Å². The monoisotopic (exact) mass is 233 g/mol. The van der Waals surface area contributed by atoms with Crippen LogP contribution >= 0.6 is 0 Å². The zero-order chi connectivity index (χ0) is 12.3. The van der Waals surface area contributed by atoms with Gasteiger partial charge in [-0.25, -0.2) is 0 Å². The molecule has 1 N–H and O–H groups in total. The van der Waals surface area contributed by atoms with Crippen LogP contribution in [0.4, 0.5) is 0 Å². The number of nitrogens with one attached hydrogen (secondary N) is 1. The molecule has 0 aliphatic carbocycles. The third-order valence-corrected chi connectivity index (χ3v) is 3.31. The zero-order valence-electron chi connectivity index (χ0n) is 11.1. The van der Waals surface area contributed by atoms with Gasteiger partial charge >= 0.3 is 0 Å². The van der Waals surface area contributed by atoms with E-state index in [0.717, 1.165) is 18.7 Å². The highest BCUT2D eigenvalue weighted by atomic mass is 16.5. The number of rotatable bonds is 5. The Kier molecular flexibility index (Phi) is 4.06. The topological polar surface area (TPSA) is 21.3 Å². The van der Waals surface area contributed by atoms with E-state index in [0.29, 0.717) is 18.1 Å². The molecular formula is C15H23NO. The fraction of sp³-hybridized carbons (Fsp3) is 0.600. The number of fused-ring (bicyclic) bond motifs is 1. The molecule has 2 unspecified atom stereocenters. The van der Waals surface area contributed by atoms with Crippen LogP contribution < -0.4 is 10.1 Å². The summed E-state index contributed by atoms with van der Waals surface area (Å²) in [6.07, 6.45) is 2.52. The van der Waals surface area contributed by atoms with Crippen LogP contribution in [-0.2, 0) is 6.42 Å². The van der Waals surface area contributed by atoms with Crippen LogP contribution in [0.15, 0.2) is 24.3 Å². The fourth-order valence-electron chi connectivity index (χ4n) is 2.57. The van der Waals surface area contributed by atoms with E-state index < -0.39 is 0 Å². The molecule has 0 bridgehead atoms. The van der Waals surface area contributed by atoms with Crippen molar-refractivity contribution in [2.75, 3.05) is 6.54 Å². The lowest BCUT2D eigenvalue weighted by molar-refractivity contribution is 0.164. The van der Waals surface area contributed by atoms with Gasteiger partial charge in [-0.2, -0.15) is 0 Å². The summed E-state index contributed by atoms with van der Waals surface area (Å²) >= 11 is 0. The lowest BCUT2D eigenvalue weighted by Gasteiger charge is -2.25. The van der Waals surface area contributed by atoms with Gasteiger partial charge in [-0.3, -0.25) is 0 Å². The molecule has 0 amide bonds. The molecule has 0 fully saturated rings. The van der Waals surface area contributed by atoms with Gasteiger partial charge in [-0.1, -0.05) is 39.0 Å². The van der Waals surface area contributed by atoms with Gasteiger partial charge in [0.15, 0.2) is 0 Å². The van der Waals surface area contributed by atoms with E-state index in [9.17, 15) is 0 Å². The molecule has 1 aliphatic rings. The number of likely N-dealkylation sites (N-methyl/N-ethyl adjacent to an activating group) is 1. The summed E-state index contributed by atoms with van der Waals surface area (Å²) in [5.74, 6) is 1.77. The number of hydrogen-bond donors (Lipinski definition) is 1. The van der Waals surface area contributed by atoms with Crippen molar-refractivity contribution in [3.05, 3.63) is 29.8 Å². The second kappa shape index (κ2) is 5.54. The molecular weight excluding hydrogens is 210 g/mol. The van der Waals surface area contributed by atoms with Gasteiger partial charge in [-0.05, 0) is 30.5 Å². The first-order valence-corrected chi connectivity index (χ1v) is 6.68. The summed E-state index contributed by atoms with van der Waals surface area (Å²) in [4.78, 5) is 0. The van der Waals surface area contributed by atoms with Crippen LogP contribution in [0, 0.1) is 5.92 Å². The van der Waals surface area contributed by atoms with Crippen molar-refractivity contribution in [2.45, 2.75) is 45.8 Å². The summed E-state index contributed by atoms with van der Waals surface area (Å²) in [5, 5.41) is 3.57. The first kappa shape index (κ1) is 12.4. The van der Waals surface area contributed by atoms with E-state index in [1.165, 1.54) is 12.0 Å². The SMILES string of the molecule is CCNC(CC(C)C)C1Cc2ccccc2O1. The predicted molar refractivity (Wildman–Crippen MR) is 71.5 cm³/mol. The summed E-state index contributed by atoms with van der Waals surface area (Å²) in [6.45, 7) is 7.71. The average Bonchev–Trinajstić information content (AvgIpc) is 2.71. The maximum Gasteiger partial charge on any atom is 0.123 e. The van der Waals surface area contributed by atoms with Crippen molar-refractivity contribution < 1.29 is 4.74 Å². The molecule has 94 valence electrons. The molecule has 17 heavy (non-hydrogen) atoms. The molecule has 2 heteroatoms. The maximum absolute atomic E-state index is 6.06. The first-order valence-electron chi connectivity index (χ1n) is 6.68. The van der Waals surface area contributed by atoms with Crippen LogP contribution in [0.1, 0.15) is 32.8 Å². The van der Waals surface area contributed by atoms with Crippen molar-refractivity contribution in [2.24, 2.45) is 5.92 Å². The Balaban J connectivity index is 2.03. The Labute approximate surface area is 104 Å². The average molecular weight is 233 g/mol. The standard InChI is InChI=1S/C15H23NO/c1-4-16-13(9-11(2)3)15-10-12-7-5-6-8-14(12)17-15/h5-8,11,13,15-16H,4,9-10H2,1-3H3. The van der Waals surface area contributed by atoms with Crippen molar-refractivity contribution >= 4 is 0 Å². The molecule has 1 aromatic carbocycles. The summed E-state index contributed by atoms with van der Waals surface area (Å²) in [7, 11) is 0. The van der Waals surface area contributed by atoms with Crippen LogP contribution in [0.2, 0.25) is 0 Å². The van der Waals surface area contributed by atoms with Crippen molar-refractivity contribution in [1.29, 1.82) is 0 Å². The Morgan fingerprint density at radius 2 is 2.12 bits per heavy atom. The zero-order valence-corrected chi connectivity index (χ0v) is 11.1. The van der Waals surface area contributed by atoms with Gasteiger partial charge in [-0.15, -0.1) is 0 Å². The van der Waals surface area contributed by atoms with E-state index in [1.807, 2.05) is 6.07 Å². The minimum Gasteiger partial charge on any atom is -0.488 e. The van der Waals surface area contributed by atoms with E-state index >= 15 is 0 Å². The van der Waals surface area contributed by atoms with Gasteiger partial charge in [0.2, 0.25) is 0 Å². The third-order valence-electron chi connectivity index (χ3n) is 3.31. The largest absolute Gasteiger partial charge is 0.488 e. The summed E-state index contributed by atoms with van der Waals surface area (Å²) in [6, 6.07) is 8.86. The third kappa shape index (κ3) is 3.01. The van der Waals surface area contributed by atoms with Gasteiger partial charge in [0, 0.05) is 12.5 Å². The number of para-hydroxylation sites is 1. The normalized spacial score (nSPS) is 20.1. The van der Waals surface area contributed by atoms with E-state index in [2.05, 4.69) is 44.3 Å². The number of benzene rings is 1. The van der Waals surface area contributed by atoms with Crippen molar-refractivity contribution in [1.82, 2.24) is 5.32 Å². The molecule has 2 rings (SSSR count). The van der Waals surface area contributed by atoms with Crippen molar-refractivity contribution in [3.8, 4) is 5.75 Å². The summed E-state index contributed by atoms with van der Waals surface area (Å²) in [5.41, 5.74) is 1.35. The van der Waals surface area contributed by atoms with E-state index in [-0.39, 0.29) is 0 Å². The summed E-state index contributed by atoms with van der Waals surface area (Å²) < 4.78 is 6.06. The Morgan fingerprint density at radius 3 is 2.76 bits per heavy atom. The van der Waals surface area contributed by atoms with Crippen molar-refractivity contribution in [3.63, 3.8) is 0 Å². The Bertz CT molecular complexity index is 337. The molecule has 0 radical (unpaired) electrons. The molecule has 0 aromatic heterocycles. The van der Waals surface area contributed by atoms with Gasteiger partial charge < -0.3 is 10.1 Å². The minimum absolute atomic E-state index is 0.301. The lowest BCUT2D eigenvalue weighted by Crippen LogP contribution is -2.43. The molecule has 2 atom stereocenters. The Hall–Kier alpha value is -1.02. The predicted octanol–water partition coefficient (Wildman–Crippen LogP) is 3.01. The van der Waals surface area contributed by atoms with E-state index in [1.54, 1.807) is 0 Å². The molecule has 0 saturated heterocycles. The van der Waals surface area contributed by atoms with Crippen LogP contribution in [0.5, 0.6) is 5.75 Å². The molecule has 0 spiro atoms. The lowest BCUT2D eigenvalue weighted by atomic mass is 9.96. The highest BCUT2D eigenvalue weighted by molar-refractivity contribution is 5.37. The number of ether oxygens (including phenoxy) is 1. The second-order valence-corrected chi connectivity index (χ2v) is 5.26. The Morgan fingerprint density at radius 1 is 1.35 bits per heavy atom. The second-order valence-electron chi connectivity index (χ2n) is 5.26. The fourth-order valence-corrected chi connectivity index (χ4v) is 2.57. The molecule has 1 aromatic rings. The molecule has 1 aliphatic heterocycles. The number of hydrogen-bond acceptors (Lipinski definition) is 2. The minimum atomic E-state index is 0.301. The first-order chi connectivity index (χ1) is 8.20. The highest BCUT2D eigenvalue weighted by Crippen LogP contribution is 2.30.